The van der Waals surface area contributed by atoms with Crippen LogP contribution in [0.25, 0.3) is 0 Å². The summed E-state index contributed by atoms with van der Waals surface area (Å²) in [5.41, 5.74) is 11.4. The van der Waals surface area contributed by atoms with Crippen molar-refractivity contribution in [2.24, 2.45) is 0 Å². The summed E-state index contributed by atoms with van der Waals surface area (Å²) in [4.78, 5) is 0. The number of benzene rings is 5. The minimum absolute atomic E-state index is 0.109. The van der Waals surface area contributed by atoms with Crippen LogP contribution < -0.4 is 15.4 Å². The molecule has 0 heterocycles. The molecule has 2 N–H and O–H groups in total. The quantitative estimate of drug-likeness (QED) is 0.147. The summed E-state index contributed by atoms with van der Waals surface area (Å²) < 4.78 is 5.48. The summed E-state index contributed by atoms with van der Waals surface area (Å²) in [6.45, 7) is 8.96. The van der Waals surface area contributed by atoms with Crippen LogP contribution in [0.2, 0.25) is 0 Å². The summed E-state index contributed by atoms with van der Waals surface area (Å²) in [7, 11) is 1.72. The van der Waals surface area contributed by atoms with Crippen LogP contribution in [0.5, 0.6) is 5.75 Å². The average molecular weight is 569 g/mol. The Morgan fingerprint density at radius 2 is 1.00 bits per heavy atom. The molecule has 0 bridgehead atoms. The second kappa shape index (κ2) is 14.1. The lowest BCUT2D eigenvalue weighted by Gasteiger charge is -2.25. The van der Waals surface area contributed by atoms with Gasteiger partial charge in [0.2, 0.25) is 0 Å². The zero-order valence-electron chi connectivity index (χ0n) is 26.1. The van der Waals surface area contributed by atoms with Gasteiger partial charge in [0.15, 0.2) is 0 Å². The first-order valence-corrected chi connectivity index (χ1v) is 15.4. The minimum atomic E-state index is 0.109. The Bertz CT molecular complexity index is 1500. The van der Waals surface area contributed by atoms with Crippen LogP contribution in [0.15, 0.2) is 121 Å². The number of nitrogens with one attached hydrogen (secondary N) is 2. The SMILES string of the molecule is COc1ccc(C(c2ccc(NC(C)Cc3ccccc3)cc2C)c2ccc(NC(C)Cc3ccccc3)cc2C)cc1. The van der Waals surface area contributed by atoms with E-state index >= 15 is 0 Å². The van der Waals surface area contributed by atoms with Gasteiger partial charge in [-0.05, 0) is 116 Å². The van der Waals surface area contributed by atoms with E-state index in [-0.39, 0.29) is 5.92 Å². The van der Waals surface area contributed by atoms with E-state index in [0.29, 0.717) is 12.1 Å². The van der Waals surface area contributed by atoms with Gasteiger partial charge in [-0.2, -0.15) is 0 Å². The molecule has 0 amide bonds. The lowest BCUT2D eigenvalue weighted by molar-refractivity contribution is 0.414. The molecule has 0 radical (unpaired) electrons. The van der Waals surface area contributed by atoms with Crippen molar-refractivity contribution in [3.8, 4) is 5.75 Å². The lowest BCUT2D eigenvalue weighted by atomic mass is 9.81. The molecule has 0 spiro atoms. The van der Waals surface area contributed by atoms with Gasteiger partial charge >= 0.3 is 0 Å². The van der Waals surface area contributed by atoms with Gasteiger partial charge in [-0.25, -0.2) is 0 Å². The van der Waals surface area contributed by atoms with Gasteiger partial charge < -0.3 is 15.4 Å². The van der Waals surface area contributed by atoms with Crippen LogP contribution in [0.4, 0.5) is 11.4 Å². The molecule has 5 aromatic rings. The van der Waals surface area contributed by atoms with Crippen molar-refractivity contribution in [1.82, 2.24) is 0 Å². The maximum absolute atomic E-state index is 5.48. The molecule has 43 heavy (non-hydrogen) atoms. The molecule has 0 aromatic heterocycles. The highest BCUT2D eigenvalue weighted by Gasteiger charge is 2.21. The molecule has 2 unspecified atom stereocenters. The number of aryl methyl sites for hydroxylation is 2. The molecule has 220 valence electrons. The van der Waals surface area contributed by atoms with Crippen molar-refractivity contribution >= 4 is 11.4 Å². The monoisotopic (exact) mass is 568 g/mol. The van der Waals surface area contributed by atoms with E-state index in [1.165, 1.54) is 38.9 Å². The zero-order valence-corrected chi connectivity index (χ0v) is 26.1. The fourth-order valence-electron chi connectivity index (χ4n) is 6.11. The molecule has 0 aliphatic carbocycles. The molecular formula is C40H44N2O. The first-order chi connectivity index (χ1) is 20.9. The summed E-state index contributed by atoms with van der Waals surface area (Å²) in [5.74, 6) is 0.979. The van der Waals surface area contributed by atoms with E-state index in [4.69, 9.17) is 4.74 Å². The Morgan fingerprint density at radius 1 is 0.558 bits per heavy atom. The van der Waals surface area contributed by atoms with E-state index in [1.54, 1.807) is 7.11 Å². The van der Waals surface area contributed by atoms with E-state index in [0.717, 1.165) is 30.0 Å². The highest BCUT2D eigenvalue weighted by molar-refractivity contribution is 5.58. The van der Waals surface area contributed by atoms with E-state index in [2.05, 4.69) is 160 Å². The molecule has 0 aliphatic heterocycles. The second-order valence-electron chi connectivity index (χ2n) is 11.8. The third kappa shape index (κ3) is 7.87. The maximum atomic E-state index is 5.48. The third-order valence-electron chi connectivity index (χ3n) is 8.21. The molecule has 5 aromatic carbocycles. The highest BCUT2D eigenvalue weighted by Crippen LogP contribution is 2.38. The average Bonchev–Trinajstić information content (AvgIpc) is 3.00. The number of anilines is 2. The maximum Gasteiger partial charge on any atom is 0.118 e. The molecular weight excluding hydrogens is 524 g/mol. The first kappa shape index (κ1) is 30.0. The zero-order chi connectivity index (χ0) is 30.2. The largest absolute Gasteiger partial charge is 0.497 e. The fourth-order valence-corrected chi connectivity index (χ4v) is 6.11. The van der Waals surface area contributed by atoms with Gasteiger partial charge in [0, 0.05) is 29.4 Å². The molecule has 0 aliphatic rings. The molecule has 2 atom stereocenters. The van der Waals surface area contributed by atoms with E-state index in [1.807, 2.05) is 0 Å². The Hall–Kier alpha value is -4.50. The predicted molar refractivity (Wildman–Crippen MR) is 183 cm³/mol. The summed E-state index contributed by atoms with van der Waals surface area (Å²) in [6.07, 6.45) is 1.97. The molecule has 0 saturated heterocycles. The smallest absolute Gasteiger partial charge is 0.118 e. The molecule has 3 heteroatoms. The van der Waals surface area contributed by atoms with Crippen LogP contribution in [-0.2, 0) is 12.8 Å². The molecule has 0 fully saturated rings. The number of methoxy groups -OCH3 is 1. The van der Waals surface area contributed by atoms with Gasteiger partial charge in [0.25, 0.3) is 0 Å². The summed E-state index contributed by atoms with van der Waals surface area (Å²) in [6, 6.07) is 44.2. The van der Waals surface area contributed by atoms with Crippen molar-refractivity contribution < 1.29 is 4.74 Å². The normalized spacial score (nSPS) is 13.1. The number of hydrogen-bond acceptors (Lipinski definition) is 3. The van der Waals surface area contributed by atoms with Crippen molar-refractivity contribution in [1.29, 1.82) is 0 Å². The topological polar surface area (TPSA) is 33.3 Å². The summed E-state index contributed by atoms with van der Waals surface area (Å²) >= 11 is 0. The van der Waals surface area contributed by atoms with Crippen molar-refractivity contribution in [2.75, 3.05) is 17.7 Å². The molecule has 0 saturated carbocycles. The predicted octanol–water partition coefficient (Wildman–Crippen LogP) is 9.58. The van der Waals surface area contributed by atoms with Crippen LogP contribution in [-0.4, -0.2) is 19.2 Å². The van der Waals surface area contributed by atoms with Crippen molar-refractivity contribution in [2.45, 2.75) is 58.5 Å². The van der Waals surface area contributed by atoms with E-state index < -0.39 is 0 Å². The Labute approximate surface area is 258 Å². The number of rotatable bonds is 12. The van der Waals surface area contributed by atoms with Crippen molar-refractivity contribution in [3.05, 3.63) is 160 Å². The Morgan fingerprint density at radius 3 is 1.40 bits per heavy atom. The van der Waals surface area contributed by atoms with Crippen LogP contribution in [0, 0.1) is 13.8 Å². The van der Waals surface area contributed by atoms with Crippen LogP contribution >= 0.6 is 0 Å². The second-order valence-corrected chi connectivity index (χ2v) is 11.8. The lowest BCUT2D eigenvalue weighted by Crippen LogP contribution is -2.18. The van der Waals surface area contributed by atoms with Gasteiger partial charge in [0.1, 0.15) is 5.75 Å². The Kier molecular flexibility index (Phi) is 9.84. The van der Waals surface area contributed by atoms with Crippen LogP contribution in [0.1, 0.15) is 58.7 Å². The van der Waals surface area contributed by atoms with E-state index in [9.17, 15) is 0 Å². The van der Waals surface area contributed by atoms with Gasteiger partial charge in [-0.15, -0.1) is 0 Å². The third-order valence-corrected chi connectivity index (χ3v) is 8.21. The van der Waals surface area contributed by atoms with Crippen LogP contribution in [0.3, 0.4) is 0 Å². The summed E-state index contributed by atoms with van der Waals surface area (Å²) in [5, 5.41) is 7.44. The first-order valence-electron chi connectivity index (χ1n) is 15.4. The molecule has 5 rings (SSSR count). The van der Waals surface area contributed by atoms with Crippen molar-refractivity contribution in [3.63, 3.8) is 0 Å². The fraction of sp³-hybridized carbons (Fsp3) is 0.250. The van der Waals surface area contributed by atoms with Gasteiger partial charge in [-0.3, -0.25) is 0 Å². The van der Waals surface area contributed by atoms with Gasteiger partial charge in [0.05, 0.1) is 7.11 Å². The van der Waals surface area contributed by atoms with Gasteiger partial charge in [-0.1, -0.05) is 84.9 Å². The Balaban J connectivity index is 1.40. The molecule has 3 nitrogen and oxygen atoms in total. The number of ether oxygens (including phenoxy) is 1. The highest BCUT2D eigenvalue weighted by atomic mass is 16.5. The number of hydrogen-bond donors (Lipinski definition) is 2. The minimum Gasteiger partial charge on any atom is -0.497 e. The standard InChI is InChI=1S/C40H44N2O/c1-28-24-35(41-30(3)26-32-12-8-6-9-13-32)18-22-38(28)40(34-16-20-37(43-5)21-17-34)39-23-19-36(25-29(39)2)42-31(4)27-33-14-10-7-11-15-33/h6-25,30-31,40-42H,26-27H2,1-5H3.